The fourth-order valence-corrected chi connectivity index (χ4v) is 5.10. The first kappa shape index (κ1) is 18.6. The SMILES string of the molecule is COC1CCN(C(=O)c2cc(S(=O)(=O)N3CCCCC3)ccc2Cl)C1. The van der Waals surface area contributed by atoms with Gasteiger partial charge in [0.25, 0.3) is 5.91 Å². The van der Waals surface area contributed by atoms with E-state index in [1.165, 1.54) is 22.5 Å². The average molecular weight is 387 g/mol. The molecule has 0 radical (unpaired) electrons. The Morgan fingerprint density at radius 3 is 2.56 bits per heavy atom. The molecule has 0 aromatic heterocycles. The monoisotopic (exact) mass is 386 g/mol. The Labute approximate surface area is 153 Å². The van der Waals surface area contributed by atoms with Crippen LogP contribution >= 0.6 is 11.6 Å². The van der Waals surface area contributed by atoms with Crippen LogP contribution in [0.25, 0.3) is 0 Å². The van der Waals surface area contributed by atoms with Crippen LogP contribution in [0, 0.1) is 0 Å². The average Bonchev–Trinajstić information content (AvgIpc) is 3.11. The van der Waals surface area contributed by atoms with Gasteiger partial charge in [-0.3, -0.25) is 4.79 Å². The van der Waals surface area contributed by atoms with Crippen LogP contribution in [-0.2, 0) is 14.8 Å². The molecule has 1 unspecified atom stereocenters. The number of carbonyl (C=O) groups is 1. The van der Waals surface area contributed by atoms with Gasteiger partial charge in [0.2, 0.25) is 10.0 Å². The summed E-state index contributed by atoms with van der Waals surface area (Å²) in [5.74, 6) is -0.250. The maximum Gasteiger partial charge on any atom is 0.255 e. The number of benzene rings is 1. The van der Waals surface area contributed by atoms with Crippen LogP contribution in [0.1, 0.15) is 36.0 Å². The quantitative estimate of drug-likeness (QED) is 0.796. The summed E-state index contributed by atoms with van der Waals surface area (Å²) >= 11 is 6.19. The minimum atomic E-state index is -3.59. The minimum absolute atomic E-state index is 0.0167. The number of halogens is 1. The van der Waals surface area contributed by atoms with Crippen LogP contribution < -0.4 is 0 Å². The molecule has 1 amide bonds. The molecule has 0 N–H and O–H groups in total. The van der Waals surface area contributed by atoms with Gasteiger partial charge in [-0.2, -0.15) is 4.31 Å². The number of nitrogens with zero attached hydrogens (tertiary/aromatic N) is 2. The van der Waals surface area contributed by atoms with Gasteiger partial charge in [-0.1, -0.05) is 18.0 Å². The maximum absolute atomic E-state index is 12.8. The number of sulfonamides is 1. The second kappa shape index (κ2) is 7.61. The molecule has 0 bridgehead atoms. The van der Waals surface area contributed by atoms with Crippen molar-refractivity contribution in [1.82, 2.24) is 9.21 Å². The summed E-state index contributed by atoms with van der Waals surface area (Å²) in [6, 6.07) is 4.38. The summed E-state index contributed by atoms with van der Waals surface area (Å²) < 4.78 is 32.4. The van der Waals surface area contributed by atoms with Gasteiger partial charge in [-0.05, 0) is 37.5 Å². The first-order chi connectivity index (χ1) is 11.9. The number of ether oxygens (including phenoxy) is 1. The summed E-state index contributed by atoms with van der Waals surface area (Å²) in [7, 11) is -1.97. The maximum atomic E-state index is 12.8. The zero-order chi connectivity index (χ0) is 18.0. The molecule has 1 atom stereocenters. The van der Waals surface area contributed by atoms with E-state index < -0.39 is 10.0 Å². The molecule has 138 valence electrons. The molecule has 8 heteroatoms. The van der Waals surface area contributed by atoms with E-state index in [1.807, 2.05) is 0 Å². The third kappa shape index (κ3) is 3.84. The number of amides is 1. The first-order valence-corrected chi connectivity index (χ1v) is 10.4. The molecule has 1 aromatic rings. The highest BCUT2D eigenvalue weighted by Gasteiger charge is 2.30. The summed E-state index contributed by atoms with van der Waals surface area (Å²) in [4.78, 5) is 14.6. The van der Waals surface area contributed by atoms with Gasteiger partial charge in [0.1, 0.15) is 0 Å². The lowest BCUT2D eigenvalue weighted by Crippen LogP contribution is -2.36. The molecule has 1 aromatic carbocycles. The second-order valence-electron chi connectivity index (χ2n) is 6.50. The van der Waals surface area contributed by atoms with Crippen molar-refractivity contribution in [2.75, 3.05) is 33.3 Å². The highest BCUT2D eigenvalue weighted by molar-refractivity contribution is 7.89. The Bertz CT molecular complexity index is 747. The highest BCUT2D eigenvalue weighted by Crippen LogP contribution is 2.27. The number of methoxy groups -OCH3 is 1. The molecule has 2 fully saturated rings. The van der Waals surface area contributed by atoms with E-state index in [0.717, 1.165) is 25.7 Å². The van der Waals surface area contributed by atoms with Gasteiger partial charge in [-0.25, -0.2) is 8.42 Å². The Balaban J connectivity index is 1.86. The molecule has 2 aliphatic heterocycles. The molecule has 3 rings (SSSR count). The predicted molar refractivity (Wildman–Crippen MR) is 95.4 cm³/mol. The fraction of sp³-hybridized carbons (Fsp3) is 0.588. The van der Waals surface area contributed by atoms with Gasteiger partial charge < -0.3 is 9.64 Å². The van der Waals surface area contributed by atoms with E-state index in [1.54, 1.807) is 12.0 Å². The van der Waals surface area contributed by atoms with Gasteiger partial charge in [-0.15, -0.1) is 0 Å². The zero-order valence-corrected chi connectivity index (χ0v) is 15.9. The van der Waals surface area contributed by atoms with Crippen molar-refractivity contribution >= 4 is 27.5 Å². The van der Waals surface area contributed by atoms with E-state index in [9.17, 15) is 13.2 Å². The van der Waals surface area contributed by atoms with Crippen LogP contribution in [0.5, 0.6) is 0 Å². The van der Waals surface area contributed by atoms with Crippen molar-refractivity contribution in [3.8, 4) is 0 Å². The molecule has 0 spiro atoms. The number of hydrogen-bond donors (Lipinski definition) is 0. The molecular formula is C17H23ClN2O4S. The van der Waals surface area contributed by atoms with Crippen molar-refractivity contribution in [2.24, 2.45) is 0 Å². The van der Waals surface area contributed by atoms with Crippen molar-refractivity contribution < 1.29 is 17.9 Å². The van der Waals surface area contributed by atoms with Gasteiger partial charge in [0.05, 0.1) is 21.6 Å². The van der Waals surface area contributed by atoms with Crippen LogP contribution in [0.4, 0.5) is 0 Å². The van der Waals surface area contributed by atoms with Crippen molar-refractivity contribution in [3.05, 3.63) is 28.8 Å². The van der Waals surface area contributed by atoms with Crippen molar-refractivity contribution in [1.29, 1.82) is 0 Å². The number of likely N-dealkylation sites (tertiary alicyclic amines) is 1. The summed E-state index contributed by atoms with van der Waals surface area (Å²) in [6.45, 7) is 2.12. The smallest absolute Gasteiger partial charge is 0.255 e. The number of rotatable bonds is 4. The summed E-state index contributed by atoms with van der Waals surface area (Å²) in [5, 5.41) is 0.267. The van der Waals surface area contributed by atoms with E-state index in [2.05, 4.69) is 0 Å². The lowest BCUT2D eigenvalue weighted by molar-refractivity contribution is 0.0724. The van der Waals surface area contributed by atoms with Crippen molar-refractivity contribution in [3.63, 3.8) is 0 Å². The number of carbonyl (C=O) groups excluding carboxylic acids is 1. The third-order valence-corrected chi connectivity index (χ3v) is 7.11. The topological polar surface area (TPSA) is 66.9 Å². The third-order valence-electron chi connectivity index (χ3n) is 4.89. The molecule has 0 aliphatic carbocycles. The highest BCUT2D eigenvalue weighted by atomic mass is 35.5. The van der Waals surface area contributed by atoms with Crippen LogP contribution in [0.2, 0.25) is 5.02 Å². The molecule has 2 aliphatic rings. The van der Waals surface area contributed by atoms with Gasteiger partial charge >= 0.3 is 0 Å². The minimum Gasteiger partial charge on any atom is -0.380 e. The number of hydrogen-bond acceptors (Lipinski definition) is 4. The molecule has 2 saturated heterocycles. The molecular weight excluding hydrogens is 364 g/mol. The Morgan fingerprint density at radius 1 is 1.20 bits per heavy atom. The van der Waals surface area contributed by atoms with Crippen molar-refractivity contribution in [2.45, 2.75) is 36.7 Å². The van der Waals surface area contributed by atoms with Crippen LogP contribution in [-0.4, -0.2) is 62.9 Å². The molecule has 6 nitrogen and oxygen atoms in total. The number of piperidine rings is 1. The Kier molecular flexibility index (Phi) is 5.68. The fourth-order valence-electron chi connectivity index (χ4n) is 3.36. The second-order valence-corrected chi connectivity index (χ2v) is 8.85. The molecule has 2 heterocycles. The largest absolute Gasteiger partial charge is 0.380 e. The first-order valence-electron chi connectivity index (χ1n) is 8.55. The predicted octanol–water partition coefficient (Wildman–Crippen LogP) is 2.38. The Morgan fingerprint density at radius 2 is 1.92 bits per heavy atom. The van der Waals surface area contributed by atoms with E-state index in [-0.39, 0.29) is 27.5 Å². The summed E-state index contributed by atoms with van der Waals surface area (Å²) in [6.07, 6.45) is 3.57. The van der Waals surface area contributed by atoms with Crippen LogP contribution in [0.15, 0.2) is 23.1 Å². The molecule has 0 saturated carbocycles. The Hall–Kier alpha value is -1.15. The lowest BCUT2D eigenvalue weighted by Gasteiger charge is -2.26. The van der Waals surface area contributed by atoms with E-state index >= 15 is 0 Å². The van der Waals surface area contributed by atoms with E-state index in [0.29, 0.717) is 26.2 Å². The van der Waals surface area contributed by atoms with Crippen LogP contribution in [0.3, 0.4) is 0 Å². The molecule has 25 heavy (non-hydrogen) atoms. The zero-order valence-electron chi connectivity index (χ0n) is 14.3. The van der Waals surface area contributed by atoms with Gasteiger partial charge in [0.15, 0.2) is 0 Å². The van der Waals surface area contributed by atoms with Gasteiger partial charge in [0, 0.05) is 33.3 Å². The standard InChI is InChI=1S/C17H23ClN2O4S/c1-24-13-7-10-19(12-13)17(21)15-11-14(5-6-16(15)18)25(22,23)20-8-3-2-4-9-20/h5-6,11,13H,2-4,7-10,12H2,1H3. The lowest BCUT2D eigenvalue weighted by atomic mass is 10.2. The summed E-state index contributed by atoms with van der Waals surface area (Å²) in [5.41, 5.74) is 0.233. The normalized spacial score (nSPS) is 22.3. The van der Waals surface area contributed by atoms with E-state index in [4.69, 9.17) is 16.3 Å².